The molecule has 2 aromatic rings. The van der Waals surface area contributed by atoms with Gasteiger partial charge in [0, 0.05) is 35.1 Å². The predicted octanol–water partition coefficient (Wildman–Crippen LogP) is 2.70. The van der Waals surface area contributed by atoms with E-state index in [0.29, 0.717) is 5.39 Å². The monoisotopic (exact) mass is 286 g/mol. The number of piperidine rings is 1. The maximum absolute atomic E-state index is 11.1. The fraction of sp³-hybridized carbons (Fsp3) is 0.400. The molecule has 1 aliphatic rings. The number of pyridine rings is 1. The number of nitro benzene ring substituents is 1. The molecule has 0 atom stereocenters. The van der Waals surface area contributed by atoms with Gasteiger partial charge in [-0.15, -0.1) is 0 Å². The molecule has 1 aliphatic heterocycles. The number of benzene rings is 1. The van der Waals surface area contributed by atoms with E-state index in [1.807, 2.05) is 6.07 Å². The van der Waals surface area contributed by atoms with Gasteiger partial charge in [0.15, 0.2) is 0 Å². The molecule has 1 aromatic carbocycles. The molecule has 0 radical (unpaired) electrons. The van der Waals surface area contributed by atoms with Crippen molar-refractivity contribution in [1.82, 2.24) is 10.3 Å². The van der Waals surface area contributed by atoms with E-state index in [2.05, 4.69) is 22.5 Å². The number of rotatable bonds is 3. The summed E-state index contributed by atoms with van der Waals surface area (Å²) in [5.41, 5.74) is 1.04. The van der Waals surface area contributed by atoms with E-state index in [1.54, 1.807) is 24.5 Å². The molecule has 2 N–H and O–H groups in total. The van der Waals surface area contributed by atoms with Crippen molar-refractivity contribution in [3.8, 4) is 0 Å². The van der Waals surface area contributed by atoms with Crippen molar-refractivity contribution in [1.29, 1.82) is 0 Å². The van der Waals surface area contributed by atoms with E-state index in [9.17, 15) is 10.1 Å². The zero-order valence-corrected chi connectivity index (χ0v) is 11.9. The molecule has 6 nitrogen and oxygen atoms in total. The molecule has 0 aliphatic carbocycles. The maximum Gasteiger partial charge on any atom is 0.278 e. The van der Waals surface area contributed by atoms with Gasteiger partial charge in [0.2, 0.25) is 0 Å². The summed E-state index contributed by atoms with van der Waals surface area (Å²) in [5.74, 6) is 0. The third-order valence-electron chi connectivity index (χ3n) is 4.14. The highest BCUT2D eigenvalue weighted by atomic mass is 16.6. The van der Waals surface area contributed by atoms with Gasteiger partial charge in [0.1, 0.15) is 0 Å². The van der Waals surface area contributed by atoms with Crippen molar-refractivity contribution in [2.75, 3.05) is 18.4 Å². The van der Waals surface area contributed by atoms with Crippen molar-refractivity contribution < 1.29 is 4.92 Å². The first kappa shape index (κ1) is 13.8. The average Bonchev–Trinajstić information content (AvgIpc) is 2.47. The molecule has 1 fully saturated rings. The molecule has 0 spiro atoms. The Morgan fingerprint density at radius 1 is 1.29 bits per heavy atom. The van der Waals surface area contributed by atoms with Crippen LogP contribution < -0.4 is 10.6 Å². The van der Waals surface area contributed by atoms with E-state index >= 15 is 0 Å². The smallest absolute Gasteiger partial charge is 0.278 e. The van der Waals surface area contributed by atoms with Crippen molar-refractivity contribution in [3.05, 3.63) is 40.7 Å². The second-order valence-corrected chi connectivity index (χ2v) is 5.75. The topological polar surface area (TPSA) is 80.1 Å². The predicted molar refractivity (Wildman–Crippen MR) is 82.5 cm³/mol. The van der Waals surface area contributed by atoms with E-state index in [0.717, 1.165) is 37.0 Å². The fourth-order valence-corrected chi connectivity index (χ4v) is 2.87. The highest BCUT2D eigenvalue weighted by Crippen LogP contribution is 2.33. The maximum atomic E-state index is 11.1. The van der Waals surface area contributed by atoms with E-state index < -0.39 is 0 Å². The Labute approximate surface area is 122 Å². The largest absolute Gasteiger partial charge is 0.379 e. The lowest BCUT2D eigenvalue weighted by atomic mass is 9.90. The summed E-state index contributed by atoms with van der Waals surface area (Å²) < 4.78 is 0. The van der Waals surface area contributed by atoms with Gasteiger partial charge in [-0.3, -0.25) is 15.1 Å². The zero-order chi connectivity index (χ0) is 14.9. The Hall–Kier alpha value is -2.21. The lowest BCUT2D eigenvalue weighted by molar-refractivity contribution is -0.383. The Morgan fingerprint density at radius 3 is 2.76 bits per heavy atom. The summed E-state index contributed by atoms with van der Waals surface area (Å²) in [5, 5.41) is 19.5. The van der Waals surface area contributed by atoms with Crippen LogP contribution in [0.2, 0.25) is 0 Å². The van der Waals surface area contributed by atoms with Crippen LogP contribution in [0.1, 0.15) is 19.8 Å². The minimum atomic E-state index is -0.361. The van der Waals surface area contributed by atoms with Crippen molar-refractivity contribution >= 4 is 22.1 Å². The van der Waals surface area contributed by atoms with Crippen LogP contribution in [0.3, 0.4) is 0 Å². The second kappa shape index (κ2) is 5.29. The normalized spacial score (nSPS) is 17.6. The first-order valence-electron chi connectivity index (χ1n) is 7.09. The number of nitrogens with zero attached hydrogens (tertiary/aromatic N) is 2. The van der Waals surface area contributed by atoms with Crippen LogP contribution in [-0.2, 0) is 0 Å². The molecule has 6 heteroatoms. The summed E-state index contributed by atoms with van der Waals surface area (Å²) in [6.45, 7) is 4.16. The Morgan fingerprint density at radius 2 is 2.05 bits per heavy atom. The van der Waals surface area contributed by atoms with Crippen LogP contribution in [-0.4, -0.2) is 28.5 Å². The van der Waals surface area contributed by atoms with Gasteiger partial charge < -0.3 is 10.6 Å². The first-order valence-corrected chi connectivity index (χ1v) is 7.09. The van der Waals surface area contributed by atoms with Gasteiger partial charge in [-0.05, 0) is 45.0 Å². The molecule has 2 heterocycles. The van der Waals surface area contributed by atoms with Gasteiger partial charge in [0.25, 0.3) is 5.69 Å². The first-order chi connectivity index (χ1) is 10.1. The summed E-state index contributed by atoms with van der Waals surface area (Å²) in [7, 11) is 0. The molecule has 110 valence electrons. The van der Waals surface area contributed by atoms with Crippen LogP contribution in [0.15, 0.2) is 30.6 Å². The van der Waals surface area contributed by atoms with E-state index in [4.69, 9.17) is 0 Å². The van der Waals surface area contributed by atoms with Crippen molar-refractivity contribution in [2.45, 2.75) is 25.3 Å². The molecule has 0 unspecified atom stereocenters. The van der Waals surface area contributed by atoms with E-state index in [1.165, 1.54) is 0 Å². The molecular formula is C15H18N4O2. The minimum Gasteiger partial charge on any atom is -0.379 e. The quantitative estimate of drug-likeness (QED) is 0.670. The van der Waals surface area contributed by atoms with Crippen LogP contribution in [0.4, 0.5) is 11.4 Å². The Kier molecular flexibility index (Phi) is 3.47. The number of hydrogen-bond donors (Lipinski definition) is 2. The van der Waals surface area contributed by atoms with Gasteiger partial charge in [-0.25, -0.2) is 0 Å². The third-order valence-corrected chi connectivity index (χ3v) is 4.14. The number of hydrogen-bond acceptors (Lipinski definition) is 5. The zero-order valence-electron chi connectivity index (χ0n) is 11.9. The number of aromatic nitrogens is 1. The molecule has 3 rings (SSSR count). The molecule has 1 saturated heterocycles. The number of anilines is 1. The van der Waals surface area contributed by atoms with Gasteiger partial charge >= 0.3 is 0 Å². The third kappa shape index (κ3) is 2.67. The Bertz CT molecular complexity index is 680. The summed E-state index contributed by atoms with van der Waals surface area (Å²) >= 11 is 0. The molecule has 21 heavy (non-hydrogen) atoms. The van der Waals surface area contributed by atoms with Gasteiger partial charge in [-0.2, -0.15) is 0 Å². The lowest BCUT2D eigenvalue weighted by Crippen LogP contribution is -2.45. The number of non-ortho nitro benzene ring substituents is 1. The lowest BCUT2D eigenvalue weighted by Gasteiger charge is -2.36. The van der Waals surface area contributed by atoms with Gasteiger partial charge in [0.05, 0.1) is 10.3 Å². The highest BCUT2D eigenvalue weighted by Gasteiger charge is 2.27. The summed E-state index contributed by atoms with van der Waals surface area (Å²) in [4.78, 5) is 14.8. The summed E-state index contributed by atoms with van der Waals surface area (Å²) in [6, 6.07) is 5.18. The van der Waals surface area contributed by atoms with Crippen LogP contribution in [0.5, 0.6) is 0 Å². The van der Waals surface area contributed by atoms with Crippen LogP contribution >= 0.6 is 0 Å². The molecule has 1 aromatic heterocycles. The number of nitro groups is 1. The molecule has 0 bridgehead atoms. The Balaban J connectivity index is 2.03. The SMILES string of the molecule is CC1(Nc2ccc([N+](=O)[O-])c3cnccc23)CCNCC1. The van der Waals surface area contributed by atoms with Crippen molar-refractivity contribution in [3.63, 3.8) is 0 Å². The molecular weight excluding hydrogens is 268 g/mol. The van der Waals surface area contributed by atoms with E-state index in [-0.39, 0.29) is 16.1 Å². The highest BCUT2D eigenvalue weighted by molar-refractivity contribution is 5.99. The average molecular weight is 286 g/mol. The fourth-order valence-electron chi connectivity index (χ4n) is 2.87. The van der Waals surface area contributed by atoms with Gasteiger partial charge in [-0.1, -0.05) is 0 Å². The van der Waals surface area contributed by atoms with Crippen LogP contribution in [0.25, 0.3) is 10.8 Å². The van der Waals surface area contributed by atoms with Crippen molar-refractivity contribution in [2.24, 2.45) is 0 Å². The number of nitrogens with one attached hydrogen (secondary N) is 2. The molecule has 0 saturated carbocycles. The summed E-state index contributed by atoms with van der Waals surface area (Å²) in [6.07, 6.45) is 5.28. The second-order valence-electron chi connectivity index (χ2n) is 5.75. The standard InChI is InChI=1S/C15H18N4O2/c1-15(5-8-16-9-6-15)18-13-2-3-14(19(20)21)12-10-17-7-4-11(12)13/h2-4,7,10,16,18H,5-6,8-9H2,1H3. The minimum absolute atomic E-state index is 0.0115. The number of fused-ring (bicyclic) bond motifs is 1. The molecule has 0 amide bonds. The van der Waals surface area contributed by atoms with Crippen LogP contribution in [0, 0.1) is 10.1 Å².